The second-order valence-corrected chi connectivity index (χ2v) is 5.91. The molecule has 0 radical (unpaired) electrons. The zero-order valence-electron chi connectivity index (χ0n) is 15.3. The fourth-order valence-corrected chi connectivity index (χ4v) is 3.24. The molecule has 0 saturated heterocycles. The van der Waals surface area contributed by atoms with Crippen LogP contribution in [0, 0.1) is 0 Å². The van der Waals surface area contributed by atoms with E-state index < -0.39 is 0 Å². The highest BCUT2D eigenvalue weighted by atomic mass is 16.5. The van der Waals surface area contributed by atoms with Crippen LogP contribution in [0.25, 0.3) is 0 Å². The topological polar surface area (TPSA) is 49.3 Å². The summed E-state index contributed by atoms with van der Waals surface area (Å²) in [6, 6.07) is 10.0. The van der Waals surface area contributed by atoms with E-state index in [0.29, 0.717) is 5.75 Å². The summed E-state index contributed by atoms with van der Waals surface area (Å²) in [5.41, 5.74) is 4.39. The molecule has 1 atom stereocenters. The molecule has 5 nitrogen and oxygen atoms in total. The van der Waals surface area contributed by atoms with Crippen LogP contribution in [0.5, 0.6) is 23.0 Å². The average Bonchev–Trinajstić information content (AvgIpc) is 2.66. The molecule has 0 amide bonds. The van der Waals surface area contributed by atoms with Crippen LogP contribution < -0.4 is 18.9 Å². The van der Waals surface area contributed by atoms with Crippen LogP contribution in [0.15, 0.2) is 35.3 Å². The van der Waals surface area contributed by atoms with Crippen molar-refractivity contribution in [1.82, 2.24) is 0 Å². The summed E-state index contributed by atoms with van der Waals surface area (Å²) >= 11 is 0. The number of aliphatic imine (C=N–C) groups is 1. The summed E-state index contributed by atoms with van der Waals surface area (Å²) in [6.45, 7) is 2.03. The number of hydrogen-bond acceptors (Lipinski definition) is 5. The van der Waals surface area contributed by atoms with Crippen molar-refractivity contribution in [1.29, 1.82) is 0 Å². The number of rotatable bonds is 5. The van der Waals surface area contributed by atoms with Gasteiger partial charge in [0.05, 0.1) is 34.5 Å². The Kier molecular flexibility index (Phi) is 4.83. The van der Waals surface area contributed by atoms with Gasteiger partial charge in [-0.15, -0.1) is 0 Å². The number of methoxy groups -OCH3 is 4. The molecule has 0 N–H and O–H groups in total. The third kappa shape index (κ3) is 3.14. The first-order valence-electron chi connectivity index (χ1n) is 8.12. The van der Waals surface area contributed by atoms with Gasteiger partial charge in [-0.2, -0.15) is 0 Å². The van der Waals surface area contributed by atoms with Crippen molar-refractivity contribution in [3.05, 3.63) is 47.0 Å². The van der Waals surface area contributed by atoms with Gasteiger partial charge in [-0.3, -0.25) is 4.99 Å². The molecule has 3 rings (SSSR count). The van der Waals surface area contributed by atoms with E-state index in [0.717, 1.165) is 40.5 Å². The fourth-order valence-electron chi connectivity index (χ4n) is 3.24. The van der Waals surface area contributed by atoms with Crippen molar-refractivity contribution in [2.24, 2.45) is 4.99 Å². The highest BCUT2D eigenvalue weighted by Gasteiger charge is 2.23. The Morgan fingerprint density at radius 1 is 0.800 bits per heavy atom. The van der Waals surface area contributed by atoms with Gasteiger partial charge in [0, 0.05) is 11.3 Å². The van der Waals surface area contributed by atoms with Gasteiger partial charge >= 0.3 is 0 Å². The largest absolute Gasteiger partial charge is 0.493 e. The fraction of sp³-hybridized carbons (Fsp3) is 0.350. The summed E-state index contributed by atoms with van der Waals surface area (Å²) in [7, 11) is 6.58. The Morgan fingerprint density at radius 2 is 1.40 bits per heavy atom. The minimum atomic E-state index is 0.0328. The Balaban J connectivity index is 2.00. The molecule has 1 aliphatic rings. The average molecular weight is 341 g/mol. The van der Waals surface area contributed by atoms with Gasteiger partial charge in [0.1, 0.15) is 0 Å². The van der Waals surface area contributed by atoms with Crippen LogP contribution in [0.2, 0.25) is 0 Å². The number of benzene rings is 2. The lowest BCUT2D eigenvalue weighted by Crippen LogP contribution is -2.14. The molecule has 0 bridgehead atoms. The summed E-state index contributed by atoms with van der Waals surface area (Å²) in [4.78, 5) is 4.88. The van der Waals surface area contributed by atoms with Crippen molar-refractivity contribution in [2.75, 3.05) is 28.4 Å². The predicted octanol–water partition coefficient (Wildman–Crippen LogP) is 3.83. The van der Waals surface area contributed by atoms with Crippen LogP contribution in [-0.4, -0.2) is 34.2 Å². The Morgan fingerprint density at radius 3 is 2.04 bits per heavy atom. The summed E-state index contributed by atoms with van der Waals surface area (Å²) < 4.78 is 21.6. The molecule has 0 saturated carbocycles. The van der Waals surface area contributed by atoms with E-state index >= 15 is 0 Å². The lowest BCUT2D eigenvalue weighted by molar-refractivity contribution is 0.353. The second kappa shape index (κ2) is 7.05. The van der Waals surface area contributed by atoms with E-state index in [4.69, 9.17) is 23.9 Å². The maximum atomic E-state index is 5.44. The van der Waals surface area contributed by atoms with Crippen molar-refractivity contribution < 1.29 is 18.9 Å². The Bertz CT molecular complexity index is 814. The third-order valence-corrected chi connectivity index (χ3v) is 4.55. The molecule has 0 unspecified atom stereocenters. The first kappa shape index (κ1) is 17.1. The molecule has 132 valence electrons. The molecule has 1 aliphatic heterocycles. The summed E-state index contributed by atoms with van der Waals surface area (Å²) in [6.07, 6.45) is 0.794. The van der Waals surface area contributed by atoms with E-state index in [1.165, 1.54) is 5.56 Å². The van der Waals surface area contributed by atoms with Crippen molar-refractivity contribution in [2.45, 2.75) is 19.4 Å². The Hall–Kier alpha value is -2.69. The zero-order chi connectivity index (χ0) is 18.0. The number of ether oxygens (including phenoxy) is 4. The smallest absolute Gasteiger partial charge is 0.161 e. The summed E-state index contributed by atoms with van der Waals surface area (Å²) in [5.74, 6) is 2.89. The van der Waals surface area contributed by atoms with E-state index in [1.54, 1.807) is 28.4 Å². The number of hydrogen-bond donors (Lipinski definition) is 0. The lowest BCUT2D eigenvalue weighted by Gasteiger charge is -2.24. The normalized spacial score (nSPS) is 15.9. The van der Waals surface area contributed by atoms with Gasteiger partial charge in [-0.1, -0.05) is 6.07 Å². The van der Waals surface area contributed by atoms with Crippen LogP contribution in [0.1, 0.15) is 29.7 Å². The van der Waals surface area contributed by atoms with E-state index in [2.05, 4.69) is 0 Å². The molecule has 2 aromatic carbocycles. The monoisotopic (exact) mass is 341 g/mol. The molecular formula is C20H23NO4. The van der Waals surface area contributed by atoms with Gasteiger partial charge in [-0.05, 0) is 48.7 Å². The zero-order valence-corrected chi connectivity index (χ0v) is 15.3. The van der Waals surface area contributed by atoms with Crippen LogP contribution in [0.3, 0.4) is 0 Å². The molecule has 5 heteroatoms. The van der Waals surface area contributed by atoms with Crippen molar-refractivity contribution >= 4 is 5.71 Å². The highest BCUT2D eigenvalue weighted by Crippen LogP contribution is 2.38. The van der Waals surface area contributed by atoms with Gasteiger partial charge in [0.2, 0.25) is 0 Å². The summed E-state index contributed by atoms with van der Waals surface area (Å²) in [5, 5.41) is 0. The minimum absolute atomic E-state index is 0.0328. The van der Waals surface area contributed by atoms with Gasteiger partial charge in [0.25, 0.3) is 0 Å². The van der Waals surface area contributed by atoms with E-state index in [-0.39, 0.29) is 6.04 Å². The molecule has 0 aromatic heterocycles. The third-order valence-electron chi connectivity index (χ3n) is 4.55. The van der Waals surface area contributed by atoms with Crippen molar-refractivity contribution in [3.63, 3.8) is 0 Å². The molecule has 0 aliphatic carbocycles. The first-order chi connectivity index (χ1) is 12.1. The highest BCUT2D eigenvalue weighted by molar-refractivity contribution is 6.01. The molecule has 25 heavy (non-hydrogen) atoms. The van der Waals surface area contributed by atoms with Crippen LogP contribution in [0.4, 0.5) is 0 Å². The molecule has 0 fully saturated rings. The van der Waals surface area contributed by atoms with Crippen LogP contribution in [-0.2, 0) is 6.42 Å². The lowest BCUT2D eigenvalue weighted by atomic mass is 9.90. The SMILES string of the molecule is COc1ccc([C@@H]2Cc3cc(OC)c(OC)cc3C(C)=N2)cc1OC. The molecule has 0 spiro atoms. The quantitative estimate of drug-likeness (QED) is 0.829. The van der Waals surface area contributed by atoms with E-state index in [1.807, 2.05) is 37.3 Å². The number of nitrogens with zero attached hydrogens (tertiary/aromatic N) is 1. The maximum Gasteiger partial charge on any atom is 0.161 e. The Labute approximate surface area is 148 Å². The molecule has 2 aromatic rings. The maximum absolute atomic E-state index is 5.44. The first-order valence-corrected chi connectivity index (χ1v) is 8.12. The predicted molar refractivity (Wildman–Crippen MR) is 97.7 cm³/mol. The van der Waals surface area contributed by atoms with Crippen LogP contribution >= 0.6 is 0 Å². The minimum Gasteiger partial charge on any atom is -0.493 e. The number of fused-ring (bicyclic) bond motifs is 1. The molecule has 1 heterocycles. The van der Waals surface area contributed by atoms with Crippen molar-refractivity contribution in [3.8, 4) is 23.0 Å². The van der Waals surface area contributed by atoms with E-state index in [9.17, 15) is 0 Å². The van der Waals surface area contributed by atoms with Gasteiger partial charge in [-0.25, -0.2) is 0 Å². The van der Waals surface area contributed by atoms with Gasteiger partial charge < -0.3 is 18.9 Å². The second-order valence-electron chi connectivity index (χ2n) is 5.91. The standard InChI is InChI=1S/C20H23NO4/c1-12-15-11-20(25-5)19(24-4)10-14(15)8-16(21-12)13-6-7-17(22-2)18(9-13)23-3/h6-7,9-11,16H,8H2,1-5H3/t16-/m0/s1. The molecular weight excluding hydrogens is 318 g/mol. The van der Waals surface area contributed by atoms with Gasteiger partial charge in [0.15, 0.2) is 23.0 Å².